The van der Waals surface area contributed by atoms with Gasteiger partial charge in [0.2, 0.25) is 0 Å². The summed E-state index contributed by atoms with van der Waals surface area (Å²) in [5, 5.41) is 13.5. The minimum atomic E-state index is -0.881. The fourth-order valence-corrected chi connectivity index (χ4v) is 6.29. The van der Waals surface area contributed by atoms with Gasteiger partial charge in [0.05, 0.1) is 6.04 Å². The molecule has 1 saturated heterocycles. The van der Waals surface area contributed by atoms with Crippen LogP contribution in [0.5, 0.6) is 0 Å². The summed E-state index contributed by atoms with van der Waals surface area (Å²) in [6.07, 6.45) is 2.63. The summed E-state index contributed by atoms with van der Waals surface area (Å²) in [5.74, 6) is -1.75. The van der Waals surface area contributed by atoms with Crippen LogP contribution in [0, 0.1) is 18.6 Å². The number of carbonyl (C=O) groups is 1. The third kappa shape index (κ3) is 6.72. The Bertz CT molecular complexity index is 1750. The van der Waals surface area contributed by atoms with Crippen molar-refractivity contribution < 1.29 is 13.6 Å². The topological polar surface area (TPSA) is 103 Å². The molecule has 0 aliphatic carbocycles. The van der Waals surface area contributed by atoms with Crippen LogP contribution in [0.1, 0.15) is 65.3 Å². The number of anilines is 1. The predicted octanol–water partition coefficient (Wildman–Crippen LogP) is 4.60. The van der Waals surface area contributed by atoms with Crippen molar-refractivity contribution in [1.82, 2.24) is 30.4 Å². The van der Waals surface area contributed by atoms with Gasteiger partial charge in [0.15, 0.2) is 0 Å². The first kappa shape index (κ1) is 31.5. The Labute approximate surface area is 267 Å². The lowest BCUT2D eigenvalue weighted by Gasteiger charge is -2.40. The van der Waals surface area contributed by atoms with E-state index < -0.39 is 35.3 Å². The van der Waals surface area contributed by atoms with Crippen LogP contribution in [0.4, 0.5) is 14.6 Å². The van der Waals surface area contributed by atoms with Gasteiger partial charge in [0.25, 0.3) is 5.91 Å². The molecule has 4 N–H and O–H groups in total. The monoisotopic (exact) mass is 627 g/mol. The van der Waals surface area contributed by atoms with Gasteiger partial charge in [-0.1, -0.05) is 42.5 Å². The molecule has 240 valence electrons. The molecule has 6 rings (SSSR count). The van der Waals surface area contributed by atoms with Crippen molar-refractivity contribution in [3.8, 4) is 5.69 Å². The van der Waals surface area contributed by atoms with Gasteiger partial charge < -0.3 is 10.6 Å². The number of benzene rings is 3. The number of fused-ring (bicyclic) bond motifs is 1. The van der Waals surface area contributed by atoms with E-state index in [2.05, 4.69) is 55.4 Å². The molecule has 2 unspecified atom stereocenters. The number of nitrogens with zero attached hydrogens (tertiary/aromatic N) is 3. The first-order chi connectivity index (χ1) is 22.2. The Morgan fingerprint density at radius 1 is 1.00 bits per heavy atom. The molecule has 1 fully saturated rings. The highest BCUT2D eigenvalue weighted by Gasteiger charge is 2.34. The molecule has 1 aromatic heterocycles. The van der Waals surface area contributed by atoms with E-state index in [1.165, 1.54) is 17.8 Å². The number of piperidine rings is 1. The predicted molar refractivity (Wildman–Crippen MR) is 174 cm³/mol. The lowest BCUT2D eigenvalue weighted by Crippen LogP contribution is -2.58. The van der Waals surface area contributed by atoms with Crippen molar-refractivity contribution in [3.63, 3.8) is 0 Å². The van der Waals surface area contributed by atoms with Crippen molar-refractivity contribution >= 4 is 11.7 Å². The molecule has 2 aliphatic rings. The molecule has 11 heteroatoms. The van der Waals surface area contributed by atoms with E-state index in [0.717, 1.165) is 60.3 Å². The van der Waals surface area contributed by atoms with Crippen molar-refractivity contribution in [2.75, 3.05) is 18.4 Å². The van der Waals surface area contributed by atoms with Gasteiger partial charge in [-0.05, 0) is 87.7 Å². The molecule has 2 aliphatic heterocycles. The maximum absolute atomic E-state index is 15.1. The molecule has 3 aromatic carbocycles. The molecule has 0 bridgehead atoms. The number of aromatic nitrogens is 2. The smallest absolute Gasteiger partial charge is 0.350 e. The van der Waals surface area contributed by atoms with Crippen molar-refractivity contribution in [3.05, 3.63) is 123 Å². The molecule has 0 spiro atoms. The normalized spacial score (nSPS) is 18.7. The van der Waals surface area contributed by atoms with E-state index in [-0.39, 0.29) is 23.8 Å². The van der Waals surface area contributed by atoms with E-state index in [4.69, 9.17) is 0 Å². The largest absolute Gasteiger partial charge is 0.353 e. The summed E-state index contributed by atoms with van der Waals surface area (Å²) in [7, 11) is 0. The first-order valence-electron chi connectivity index (χ1n) is 15.7. The van der Waals surface area contributed by atoms with Crippen molar-refractivity contribution in [2.45, 2.75) is 64.6 Å². The van der Waals surface area contributed by atoms with E-state index >= 15 is 8.78 Å². The number of aryl methyl sites for hydroxylation is 1. The molecular formula is C35H39F2N7O2. The average molecular weight is 628 g/mol. The molecule has 1 amide bonds. The van der Waals surface area contributed by atoms with Crippen molar-refractivity contribution in [2.24, 2.45) is 0 Å². The summed E-state index contributed by atoms with van der Waals surface area (Å²) in [6.45, 7) is 8.42. The summed E-state index contributed by atoms with van der Waals surface area (Å²) in [6, 6.07) is 18.9. The molecular weight excluding hydrogens is 588 g/mol. The highest BCUT2D eigenvalue weighted by Crippen LogP contribution is 2.35. The molecule has 0 radical (unpaired) electrons. The first-order valence-corrected chi connectivity index (χ1v) is 15.7. The third-order valence-corrected chi connectivity index (χ3v) is 8.60. The van der Waals surface area contributed by atoms with Gasteiger partial charge in [-0.25, -0.2) is 23.1 Å². The zero-order valence-electron chi connectivity index (χ0n) is 26.2. The van der Waals surface area contributed by atoms with E-state index in [0.29, 0.717) is 11.1 Å². The zero-order chi connectivity index (χ0) is 32.4. The number of hydrogen-bond donors (Lipinski definition) is 4. The van der Waals surface area contributed by atoms with Crippen LogP contribution in [-0.4, -0.2) is 51.8 Å². The fraction of sp³-hybridized carbons (Fsp3) is 0.343. The number of hydrogen-bond acceptors (Lipinski definition) is 7. The second-order valence-corrected chi connectivity index (χ2v) is 12.3. The zero-order valence-corrected chi connectivity index (χ0v) is 26.2. The molecule has 3 heterocycles. The van der Waals surface area contributed by atoms with Gasteiger partial charge in [0.1, 0.15) is 29.4 Å². The van der Waals surface area contributed by atoms with Gasteiger partial charge in [-0.15, -0.1) is 0 Å². The molecule has 2 atom stereocenters. The third-order valence-electron chi connectivity index (χ3n) is 8.60. The second kappa shape index (κ2) is 13.5. The Morgan fingerprint density at radius 2 is 1.72 bits per heavy atom. The number of amides is 1. The number of para-hydroxylation sites is 1. The van der Waals surface area contributed by atoms with Crippen LogP contribution < -0.4 is 27.0 Å². The Hall–Kier alpha value is -4.45. The molecule has 46 heavy (non-hydrogen) atoms. The number of likely N-dealkylation sites (tertiary alicyclic amines) is 1. The quantitative estimate of drug-likeness (QED) is 0.227. The summed E-state index contributed by atoms with van der Waals surface area (Å²) >= 11 is 0. The van der Waals surface area contributed by atoms with Crippen LogP contribution in [0.3, 0.4) is 0 Å². The number of rotatable bonds is 8. The maximum Gasteiger partial charge on any atom is 0.353 e. The lowest BCUT2D eigenvalue weighted by molar-refractivity contribution is 0.0943. The van der Waals surface area contributed by atoms with Crippen LogP contribution in [-0.2, 0) is 6.54 Å². The average Bonchev–Trinajstić information content (AvgIpc) is 3.03. The standard InChI is InChI=1S/C35H39F2N7O2/c1-21(2)39-33(45)24-13-12-22(3)26(18-24)30-27-19-38-35(46)44(31-28(36)10-7-11-29(31)37)32(27)42-34(41-30)40-25-14-16-43(17-15-25)20-23-8-5-4-6-9-23/h4-13,18-19,21,25,30,34,40-42H,14-17,20H2,1-3H3,(H,39,45). The lowest BCUT2D eigenvalue weighted by atomic mass is 9.92. The highest BCUT2D eigenvalue weighted by molar-refractivity contribution is 5.94. The van der Waals surface area contributed by atoms with Gasteiger partial charge >= 0.3 is 5.69 Å². The maximum atomic E-state index is 15.1. The summed E-state index contributed by atoms with van der Waals surface area (Å²) in [5.41, 5.74) is 2.63. The highest BCUT2D eigenvalue weighted by atomic mass is 19.1. The van der Waals surface area contributed by atoms with Crippen LogP contribution >= 0.6 is 0 Å². The molecule has 0 saturated carbocycles. The Morgan fingerprint density at radius 3 is 2.41 bits per heavy atom. The van der Waals surface area contributed by atoms with Crippen LogP contribution in [0.2, 0.25) is 0 Å². The van der Waals surface area contributed by atoms with Crippen LogP contribution in [0.25, 0.3) is 5.69 Å². The molecule has 9 nitrogen and oxygen atoms in total. The minimum absolute atomic E-state index is 0.0445. The Kier molecular flexibility index (Phi) is 9.25. The number of carbonyl (C=O) groups excluding carboxylic acids is 1. The van der Waals surface area contributed by atoms with Gasteiger partial charge in [0, 0.05) is 36.0 Å². The van der Waals surface area contributed by atoms with Gasteiger partial charge in [-0.3, -0.25) is 20.3 Å². The number of nitrogens with one attached hydrogen (secondary N) is 4. The van der Waals surface area contributed by atoms with Crippen molar-refractivity contribution in [1.29, 1.82) is 0 Å². The SMILES string of the molecule is Cc1ccc(C(=O)NC(C)C)cc1C1NC(NC2CCN(Cc3ccccc3)CC2)Nc2c1cnc(=O)n2-c1c(F)cccc1F. The fourth-order valence-electron chi connectivity index (χ4n) is 6.29. The molecule has 4 aromatic rings. The minimum Gasteiger partial charge on any atom is -0.350 e. The number of halogens is 2. The van der Waals surface area contributed by atoms with E-state index in [1.54, 1.807) is 6.07 Å². The van der Waals surface area contributed by atoms with Crippen LogP contribution in [0.15, 0.2) is 77.7 Å². The Balaban J connectivity index is 1.34. The summed E-state index contributed by atoms with van der Waals surface area (Å²) in [4.78, 5) is 32.6. The summed E-state index contributed by atoms with van der Waals surface area (Å²) < 4.78 is 31.3. The van der Waals surface area contributed by atoms with Gasteiger partial charge in [-0.2, -0.15) is 0 Å². The van der Waals surface area contributed by atoms with E-state index in [9.17, 15) is 9.59 Å². The van der Waals surface area contributed by atoms with E-state index in [1.807, 2.05) is 39.0 Å². The second-order valence-electron chi connectivity index (χ2n) is 12.3.